The largest absolute Gasteiger partial charge is 0.365 e. The highest BCUT2D eigenvalue weighted by atomic mass is 32.1. The van der Waals surface area contributed by atoms with Crippen LogP contribution in [0.5, 0.6) is 0 Å². The first-order valence-electron chi connectivity index (χ1n) is 8.25. The van der Waals surface area contributed by atoms with E-state index >= 15 is 0 Å². The van der Waals surface area contributed by atoms with Gasteiger partial charge in [-0.15, -0.1) is 11.3 Å². The molecule has 134 valence electrons. The van der Waals surface area contributed by atoms with Crippen LogP contribution in [0, 0.1) is 11.3 Å². The number of primary amides is 1. The number of rotatable bonds is 6. The molecule has 1 fully saturated rings. The minimum Gasteiger partial charge on any atom is -0.365 e. The van der Waals surface area contributed by atoms with E-state index in [2.05, 4.69) is 15.5 Å². The number of nitrogens with zero attached hydrogens (tertiary/aromatic N) is 2. The zero-order chi connectivity index (χ0) is 18.5. The van der Waals surface area contributed by atoms with Crippen LogP contribution in [0.2, 0.25) is 0 Å². The van der Waals surface area contributed by atoms with E-state index in [1.807, 2.05) is 30.3 Å². The Hall–Kier alpha value is -2.73. The third-order valence-electron chi connectivity index (χ3n) is 4.17. The lowest BCUT2D eigenvalue weighted by Crippen LogP contribution is -2.43. The molecule has 0 radical (unpaired) electrons. The second kappa shape index (κ2) is 8.10. The van der Waals surface area contributed by atoms with Crippen LogP contribution in [0.15, 0.2) is 30.3 Å². The summed E-state index contributed by atoms with van der Waals surface area (Å²) < 4.78 is 0. The number of hydrogen-bond acceptors (Lipinski definition) is 7. The molecular weight excluding hydrogens is 350 g/mol. The molecule has 1 saturated heterocycles. The first-order valence-corrected chi connectivity index (χ1v) is 9.07. The number of nitrogens with two attached hydrogens (primary N) is 1. The number of benzene rings is 1. The van der Waals surface area contributed by atoms with Crippen molar-refractivity contribution in [2.45, 2.75) is 6.54 Å². The monoisotopic (exact) mass is 369 g/mol. The molecule has 8 heteroatoms. The minimum atomic E-state index is -0.678. The fraction of sp³-hybridized carbons (Fsp3) is 0.278. The molecule has 4 N–H and O–H groups in total. The maximum atomic E-state index is 12.1. The summed E-state index contributed by atoms with van der Waals surface area (Å²) in [6, 6.07) is 11.0. The van der Waals surface area contributed by atoms with Gasteiger partial charge in [0.2, 0.25) is 0 Å². The van der Waals surface area contributed by atoms with E-state index in [0.29, 0.717) is 22.7 Å². The van der Waals surface area contributed by atoms with E-state index in [1.165, 1.54) is 0 Å². The summed E-state index contributed by atoms with van der Waals surface area (Å²) in [6.07, 6.45) is 0. The smallest absolute Gasteiger partial charge is 0.274 e. The van der Waals surface area contributed by atoms with Gasteiger partial charge < -0.3 is 16.4 Å². The second-order valence-corrected chi connectivity index (χ2v) is 6.96. The predicted octanol–water partition coefficient (Wildman–Crippen LogP) is 1.70. The molecule has 1 amide bonds. The number of nitriles is 1. The molecule has 0 aliphatic carbocycles. The number of amides is 1. The number of carbonyl (C=O) groups is 2. The zero-order valence-electron chi connectivity index (χ0n) is 14.1. The average molecular weight is 369 g/mol. The third-order valence-corrected chi connectivity index (χ3v) is 5.42. The quantitative estimate of drug-likeness (QED) is 0.528. The van der Waals surface area contributed by atoms with Gasteiger partial charge in [-0.25, -0.2) is 0 Å². The molecule has 26 heavy (non-hydrogen) atoms. The molecule has 7 nitrogen and oxygen atoms in total. The number of ketones is 1. The summed E-state index contributed by atoms with van der Waals surface area (Å²) >= 11 is 0.983. The van der Waals surface area contributed by atoms with E-state index in [1.54, 1.807) is 6.07 Å². The summed E-state index contributed by atoms with van der Waals surface area (Å²) in [5.74, 6) is -1.27. The number of thiophene rings is 1. The van der Waals surface area contributed by atoms with Crippen molar-refractivity contribution in [2.75, 3.05) is 31.5 Å². The number of piperazine rings is 1. The zero-order valence-corrected chi connectivity index (χ0v) is 14.9. The Bertz CT molecular complexity index is 850. The first kappa shape index (κ1) is 18.1. The molecule has 0 unspecified atom stereocenters. The van der Waals surface area contributed by atoms with Gasteiger partial charge in [0.15, 0.2) is 0 Å². The number of para-hydroxylation sites is 1. The topological polar surface area (TPSA) is 111 Å². The fourth-order valence-corrected chi connectivity index (χ4v) is 3.93. The van der Waals surface area contributed by atoms with Crippen molar-refractivity contribution in [2.24, 2.45) is 5.73 Å². The van der Waals surface area contributed by atoms with Crippen LogP contribution in [0.25, 0.3) is 0 Å². The molecule has 1 aromatic heterocycles. The minimum absolute atomic E-state index is 0.218. The van der Waals surface area contributed by atoms with Crippen LogP contribution in [0.3, 0.4) is 0 Å². The molecule has 1 aliphatic rings. The lowest BCUT2D eigenvalue weighted by atomic mass is 10.1. The molecule has 0 atom stereocenters. The lowest BCUT2D eigenvalue weighted by Gasteiger charge is -2.27. The van der Waals surface area contributed by atoms with Gasteiger partial charge in [-0.05, 0) is 12.1 Å². The van der Waals surface area contributed by atoms with E-state index in [9.17, 15) is 9.59 Å². The summed E-state index contributed by atoms with van der Waals surface area (Å²) in [4.78, 5) is 26.8. The standard InChI is InChI=1S/C18H19N5O2S/c19-10-14(24)17-15(22-12-4-2-1-3-5-12)13(16(26-17)18(20)25)11-23-8-6-21-7-9-23/h1-5,21-22H,6-9,11H2,(H2,20,25). The van der Waals surface area contributed by atoms with Crippen molar-refractivity contribution in [3.05, 3.63) is 45.6 Å². The Kier molecular flexibility index (Phi) is 5.63. The molecule has 0 saturated carbocycles. The molecule has 2 aromatic rings. The molecule has 0 bridgehead atoms. The van der Waals surface area contributed by atoms with Crippen molar-refractivity contribution in [1.82, 2.24) is 10.2 Å². The maximum Gasteiger partial charge on any atom is 0.274 e. The predicted molar refractivity (Wildman–Crippen MR) is 101 cm³/mol. The van der Waals surface area contributed by atoms with Crippen molar-refractivity contribution >= 4 is 34.4 Å². The Balaban J connectivity index is 2.05. The van der Waals surface area contributed by atoms with E-state index < -0.39 is 11.7 Å². The van der Waals surface area contributed by atoms with Gasteiger partial charge in [-0.1, -0.05) is 18.2 Å². The van der Waals surface area contributed by atoms with Crippen molar-refractivity contribution in [3.63, 3.8) is 0 Å². The number of nitrogens with one attached hydrogen (secondary N) is 2. The van der Waals surface area contributed by atoms with Crippen LogP contribution in [-0.4, -0.2) is 42.8 Å². The molecular formula is C18H19N5O2S. The molecule has 0 spiro atoms. The highest BCUT2D eigenvalue weighted by Crippen LogP contribution is 2.36. The lowest BCUT2D eigenvalue weighted by molar-refractivity contribution is 0.100. The van der Waals surface area contributed by atoms with Gasteiger partial charge >= 0.3 is 0 Å². The van der Waals surface area contributed by atoms with Crippen molar-refractivity contribution in [1.29, 1.82) is 5.26 Å². The Morgan fingerprint density at radius 1 is 1.23 bits per heavy atom. The summed E-state index contributed by atoms with van der Waals surface area (Å²) in [5.41, 5.74) is 7.50. The molecule has 2 heterocycles. The SMILES string of the molecule is N#CC(=O)c1sc(C(N)=O)c(CN2CCNCC2)c1Nc1ccccc1. The highest BCUT2D eigenvalue weighted by molar-refractivity contribution is 7.17. The van der Waals surface area contributed by atoms with Gasteiger partial charge in [-0.3, -0.25) is 14.5 Å². The number of carbonyl (C=O) groups excluding carboxylic acids is 2. The van der Waals surface area contributed by atoms with Gasteiger partial charge in [0.25, 0.3) is 11.7 Å². The summed E-state index contributed by atoms with van der Waals surface area (Å²) in [5, 5.41) is 15.6. The van der Waals surface area contributed by atoms with Gasteiger partial charge in [0.05, 0.1) is 10.6 Å². The van der Waals surface area contributed by atoms with Crippen LogP contribution >= 0.6 is 11.3 Å². The van der Waals surface area contributed by atoms with Crippen molar-refractivity contribution < 1.29 is 9.59 Å². The fourth-order valence-electron chi connectivity index (χ4n) is 2.92. The molecule has 1 aromatic carbocycles. The van der Waals surface area contributed by atoms with E-state index in [0.717, 1.165) is 43.2 Å². The second-order valence-electron chi connectivity index (χ2n) is 5.94. The molecule has 1 aliphatic heterocycles. The van der Waals surface area contributed by atoms with Crippen LogP contribution in [0.4, 0.5) is 11.4 Å². The van der Waals surface area contributed by atoms with Gasteiger partial charge in [-0.2, -0.15) is 5.26 Å². The van der Waals surface area contributed by atoms with E-state index in [-0.39, 0.29) is 4.88 Å². The number of anilines is 2. The average Bonchev–Trinajstić information content (AvgIpc) is 3.01. The summed E-state index contributed by atoms with van der Waals surface area (Å²) in [7, 11) is 0. The number of Topliss-reactive ketones (excluding diaryl/α,β-unsaturated/α-hetero) is 1. The Labute approximate surface area is 155 Å². The van der Waals surface area contributed by atoms with Gasteiger partial charge in [0, 0.05) is 44.0 Å². The van der Waals surface area contributed by atoms with Crippen LogP contribution < -0.4 is 16.4 Å². The molecule has 3 rings (SSSR count). The first-order chi connectivity index (χ1) is 12.6. The van der Waals surface area contributed by atoms with Gasteiger partial charge in [0.1, 0.15) is 10.9 Å². The van der Waals surface area contributed by atoms with Crippen molar-refractivity contribution in [3.8, 4) is 6.07 Å². The normalized spacial score (nSPS) is 14.6. The third kappa shape index (κ3) is 3.91. The van der Waals surface area contributed by atoms with E-state index in [4.69, 9.17) is 11.0 Å². The maximum absolute atomic E-state index is 12.1. The van der Waals surface area contributed by atoms with Crippen LogP contribution in [-0.2, 0) is 6.54 Å². The highest BCUT2D eigenvalue weighted by Gasteiger charge is 2.27. The van der Waals surface area contributed by atoms with Crippen LogP contribution in [0.1, 0.15) is 24.9 Å². The number of hydrogen-bond donors (Lipinski definition) is 3. The summed E-state index contributed by atoms with van der Waals surface area (Å²) in [6.45, 7) is 3.88. The Morgan fingerprint density at radius 2 is 1.92 bits per heavy atom. The Morgan fingerprint density at radius 3 is 2.54 bits per heavy atom.